The summed E-state index contributed by atoms with van der Waals surface area (Å²) >= 11 is 0. The topological polar surface area (TPSA) is 109 Å². The summed E-state index contributed by atoms with van der Waals surface area (Å²) < 4.78 is 23.8. The van der Waals surface area contributed by atoms with Crippen LogP contribution in [0, 0.1) is 23.2 Å². The minimum atomic E-state index is -1.33. The van der Waals surface area contributed by atoms with Crippen LogP contribution in [-0.2, 0) is 23.8 Å². The number of furan rings is 1. The molecule has 1 aromatic heterocycles. The summed E-state index contributed by atoms with van der Waals surface area (Å²) in [6, 6.07) is 9.97. The van der Waals surface area contributed by atoms with E-state index in [1.807, 2.05) is 20.8 Å². The quantitative estimate of drug-likeness (QED) is 0.431. The summed E-state index contributed by atoms with van der Waals surface area (Å²) in [6.45, 7) is 8.78. The van der Waals surface area contributed by atoms with Crippen LogP contribution in [0.15, 0.2) is 53.3 Å². The van der Waals surface area contributed by atoms with Crippen molar-refractivity contribution in [3.8, 4) is 0 Å². The maximum absolute atomic E-state index is 14.1. The average molecular weight is 509 g/mol. The third-order valence-corrected chi connectivity index (χ3v) is 8.89. The summed E-state index contributed by atoms with van der Waals surface area (Å²) in [5.74, 6) is -3.58. The molecule has 8 nitrogen and oxygen atoms in total. The second-order valence-electron chi connectivity index (χ2n) is 11.3. The highest BCUT2D eigenvalue weighted by atomic mass is 16.6. The predicted octanol–water partition coefficient (Wildman–Crippen LogP) is 4.42. The van der Waals surface area contributed by atoms with Crippen LogP contribution in [0.2, 0.25) is 0 Å². The first-order chi connectivity index (χ1) is 17.4. The Bertz CT molecular complexity index is 1230. The van der Waals surface area contributed by atoms with E-state index in [9.17, 15) is 19.2 Å². The van der Waals surface area contributed by atoms with Gasteiger partial charge in [0.25, 0.3) is 0 Å². The molecule has 0 amide bonds. The van der Waals surface area contributed by atoms with Gasteiger partial charge in [-0.1, -0.05) is 32.0 Å². The van der Waals surface area contributed by atoms with E-state index in [0.29, 0.717) is 18.4 Å². The fraction of sp³-hybridized carbons (Fsp3) is 0.517. The highest BCUT2D eigenvalue weighted by Crippen LogP contribution is 2.67. The van der Waals surface area contributed by atoms with Crippen LogP contribution < -0.4 is 0 Å². The van der Waals surface area contributed by atoms with Gasteiger partial charge in [0.15, 0.2) is 17.7 Å². The van der Waals surface area contributed by atoms with Crippen LogP contribution in [0.25, 0.3) is 0 Å². The zero-order chi connectivity index (χ0) is 26.8. The van der Waals surface area contributed by atoms with Crippen LogP contribution in [0.3, 0.4) is 0 Å². The van der Waals surface area contributed by atoms with Gasteiger partial charge in [-0.2, -0.15) is 0 Å². The van der Waals surface area contributed by atoms with Gasteiger partial charge in [0.2, 0.25) is 0 Å². The van der Waals surface area contributed by atoms with Gasteiger partial charge in [0, 0.05) is 6.92 Å². The largest absolute Gasteiger partial charge is 0.472 e. The summed E-state index contributed by atoms with van der Waals surface area (Å²) in [6.07, 6.45) is 1.33. The van der Waals surface area contributed by atoms with Crippen LogP contribution >= 0.6 is 0 Å². The lowest BCUT2D eigenvalue weighted by molar-refractivity contribution is -0.250. The molecule has 5 rings (SSSR count). The number of hydrogen-bond acceptors (Lipinski definition) is 8. The molecule has 7 atom stereocenters. The van der Waals surface area contributed by atoms with Gasteiger partial charge in [-0.3, -0.25) is 14.4 Å². The van der Waals surface area contributed by atoms with Crippen molar-refractivity contribution in [1.82, 2.24) is 0 Å². The Morgan fingerprint density at radius 1 is 1.00 bits per heavy atom. The van der Waals surface area contributed by atoms with E-state index in [1.165, 1.54) is 19.5 Å². The lowest BCUT2D eigenvalue weighted by atomic mass is 9.46. The number of fused-ring (bicyclic) bond motifs is 1. The van der Waals surface area contributed by atoms with E-state index in [1.54, 1.807) is 43.3 Å². The van der Waals surface area contributed by atoms with Crippen LogP contribution in [0.4, 0.5) is 0 Å². The Hall–Kier alpha value is -3.26. The maximum atomic E-state index is 14.1. The first-order valence-electron chi connectivity index (χ1n) is 12.7. The van der Waals surface area contributed by atoms with E-state index in [-0.39, 0.29) is 23.0 Å². The van der Waals surface area contributed by atoms with Crippen LogP contribution in [0.1, 0.15) is 68.2 Å². The number of carbonyl (C=O) groups excluding carboxylic acids is 4. The van der Waals surface area contributed by atoms with Gasteiger partial charge in [-0.05, 0) is 50.8 Å². The fourth-order valence-electron chi connectivity index (χ4n) is 7.21. The second-order valence-corrected chi connectivity index (χ2v) is 11.3. The lowest BCUT2D eigenvalue weighted by Gasteiger charge is -2.61. The molecule has 0 N–H and O–H groups in total. The van der Waals surface area contributed by atoms with Crippen molar-refractivity contribution in [1.29, 1.82) is 0 Å². The minimum Gasteiger partial charge on any atom is -0.472 e. The summed E-state index contributed by atoms with van der Waals surface area (Å²) in [7, 11) is 0. The average Bonchev–Trinajstić information content (AvgIpc) is 3.46. The predicted molar refractivity (Wildman–Crippen MR) is 131 cm³/mol. The molecule has 196 valence electrons. The van der Waals surface area contributed by atoms with Gasteiger partial charge in [0.05, 0.1) is 45.8 Å². The monoisotopic (exact) mass is 508 g/mol. The number of carbonyl (C=O) groups is 4. The normalized spacial score (nSPS) is 35.9. The molecule has 2 aliphatic carbocycles. The zero-order valence-corrected chi connectivity index (χ0v) is 21.7. The molecule has 0 radical (unpaired) electrons. The third-order valence-electron chi connectivity index (χ3n) is 8.89. The molecule has 3 fully saturated rings. The van der Waals surface area contributed by atoms with Crippen LogP contribution in [0.5, 0.6) is 0 Å². The molecule has 37 heavy (non-hydrogen) atoms. The Morgan fingerprint density at radius 3 is 2.32 bits per heavy atom. The Kier molecular flexibility index (Phi) is 5.94. The Morgan fingerprint density at radius 2 is 1.70 bits per heavy atom. The number of rotatable bonds is 5. The second kappa shape index (κ2) is 8.65. The van der Waals surface area contributed by atoms with Gasteiger partial charge in [-0.25, -0.2) is 4.79 Å². The van der Waals surface area contributed by atoms with E-state index >= 15 is 0 Å². The fourth-order valence-corrected chi connectivity index (χ4v) is 7.21. The molecule has 1 aromatic carbocycles. The van der Waals surface area contributed by atoms with Crippen molar-refractivity contribution >= 4 is 23.5 Å². The van der Waals surface area contributed by atoms with Gasteiger partial charge >= 0.3 is 11.9 Å². The van der Waals surface area contributed by atoms with Crippen LogP contribution in [-0.4, -0.2) is 46.9 Å². The lowest BCUT2D eigenvalue weighted by Crippen LogP contribution is -2.72. The molecular formula is C29H32O8. The minimum absolute atomic E-state index is 0.203. The molecule has 3 aliphatic rings. The van der Waals surface area contributed by atoms with Gasteiger partial charge in [0.1, 0.15) is 12.4 Å². The molecular weight excluding hydrogens is 476 g/mol. The van der Waals surface area contributed by atoms with E-state index in [4.69, 9.17) is 18.6 Å². The molecule has 1 spiro atoms. The smallest absolute Gasteiger partial charge is 0.338 e. The van der Waals surface area contributed by atoms with Crippen molar-refractivity contribution in [3.05, 3.63) is 60.1 Å². The third kappa shape index (κ3) is 3.68. The number of benzene rings is 1. The number of Topliss-reactive ketones (excluding diaryl/α,β-unsaturated/α-hetero) is 2. The van der Waals surface area contributed by atoms with Gasteiger partial charge < -0.3 is 18.6 Å². The van der Waals surface area contributed by atoms with Crippen molar-refractivity contribution < 1.29 is 37.8 Å². The first-order valence-corrected chi connectivity index (χ1v) is 12.7. The summed E-state index contributed by atoms with van der Waals surface area (Å²) in [5, 5.41) is 0. The summed E-state index contributed by atoms with van der Waals surface area (Å²) in [4.78, 5) is 53.7. The zero-order valence-electron chi connectivity index (χ0n) is 21.7. The summed E-state index contributed by atoms with van der Waals surface area (Å²) in [5.41, 5.74) is -2.56. The molecule has 1 saturated heterocycles. The number of ketones is 2. The SMILES string of the molecule is CC(=O)O[C@@H]1C[C@@H](C)[C@@]23C[C@@H](C(=O)[C@H](OC(=O)c4ccccc4)[C@]2(C)[C@H]1C(=O)c1ccoc1)C(C)(C)O3. The molecule has 0 unspecified atom stereocenters. The van der Waals surface area contributed by atoms with E-state index in [2.05, 4.69) is 0 Å². The van der Waals surface area contributed by atoms with E-state index < -0.39 is 52.6 Å². The standard InChI is InChI=1S/C29H32O8/c1-16-13-21(35-17(2)30)22(23(31)19-11-12-34-15-19)28(5)25(36-26(33)18-9-7-6-8-10-18)24(32)20-14-29(16,28)37-27(20,3)4/h6-12,15-16,20-22,25H,13-14H2,1-5H3/t16-,20+,21-,22-,25+,28+,29+/m1/s1. The van der Waals surface area contributed by atoms with Crippen molar-refractivity contribution in [2.24, 2.45) is 23.2 Å². The van der Waals surface area contributed by atoms with E-state index in [0.717, 1.165) is 0 Å². The Balaban J connectivity index is 1.70. The molecule has 2 heterocycles. The molecule has 2 saturated carbocycles. The van der Waals surface area contributed by atoms with Gasteiger partial charge in [-0.15, -0.1) is 0 Å². The highest BCUT2D eigenvalue weighted by Gasteiger charge is 2.78. The molecule has 2 bridgehead atoms. The molecule has 2 aromatic rings. The Labute approximate surface area is 215 Å². The number of hydrogen-bond donors (Lipinski definition) is 0. The van der Waals surface area contributed by atoms with Crippen molar-refractivity contribution in [2.45, 2.75) is 70.9 Å². The maximum Gasteiger partial charge on any atom is 0.338 e. The number of ether oxygens (including phenoxy) is 3. The molecule has 1 aliphatic heterocycles. The molecule has 8 heteroatoms. The van der Waals surface area contributed by atoms with Crippen molar-refractivity contribution in [2.75, 3.05) is 0 Å². The van der Waals surface area contributed by atoms with Crippen molar-refractivity contribution in [3.63, 3.8) is 0 Å². The highest BCUT2D eigenvalue weighted by molar-refractivity contribution is 6.01. The first kappa shape index (κ1) is 25.4. The number of esters is 2.